The van der Waals surface area contributed by atoms with Crippen LogP contribution < -0.4 is 9.47 Å². The average molecular weight is 220 g/mol. The summed E-state index contributed by atoms with van der Waals surface area (Å²) in [5.41, 5.74) is 2.33. The van der Waals surface area contributed by atoms with Crippen LogP contribution in [-0.2, 0) is 11.2 Å². The van der Waals surface area contributed by atoms with E-state index < -0.39 is 0 Å². The minimum absolute atomic E-state index is 0.234. The summed E-state index contributed by atoms with van der Waals surface area (Å²) >= 11 is 0. The molecule has 0 radical (unpaired) electrons. The first kappa shape index (κ1) is 11.0. The van der Waals surface area contributed by atoms with Gasteiger partial charge < -0.3 is 14.3 Å². The molecule has 0 saturated carbocycles. The van der Waals surface area contributed by atoms with Gasteiger partial charge in [0.05, 0.1) is 13.7 Å². The van der Waals surface area contributed by atoms with E-state index in [0.29, 0.717) is 6.42 Å². The van der Waals surface area contributed by atoms with E-state index in [-0.39, 0.29) is 5.92 Å². The van der Waals surface area contributed by atoms with E-state index in [1.54, 1.807) is 7.11 Å². The lowest BCUT2D eigenvalue weighted by molar-refractivity contribution is -0.108. The maximum absolute atomic E-state index is 10.5. The van der Waals surface area contributed by atoms with Gasteiger partial charge in [0.2, 0.25) is 0 Å². The summed E-state index contributed by atoms with van der Waals surface area (Å²) in [6.07, 6.45) is 2.43. The number of carbonyl (C=O) groups excluding carboxylic acids is 1. The van der Waals surface area contributed by atoms with Gasteiger partial charge in [-0.15, -0.1) is 0 Å². The van der Waals surface area contributed by atoms with E-state index in [1.165, 1.54) is 5.56 Å². The maximum atomic E-state index is 10.5. The fourth-order valence-electron chi connectivity index (χ4n) is 2.01. The van der Waals surface area contributed by atoms with Crippen LogP contribution in [0.4, 0.5) is 0 Å². The molecule has 0 N–H and O–H groups in total. The third-order valence-corrected chi connectivity index (χ3v) is 3.01. The molecule has 16 heavy (non-hydrogen) atoms. The van der Waals surface area contributed by atoms with Crippen molar-refractivity contribution in [3.8, 4) is 11.5 Å². The summed E-state index contributed by atoms with van der Waals surface area (Å²) in [4.78, 5) is 10.5. The topological polar surface area (TPSA) is 35.5 Å². The number of aldehydes is 1. The maximum Gasteiger partial charge on any atom is 0.164 e. The zero-order valence-electron chi connectivity index (χ0n) is 9.66. The Bertz CT molecular complexity index is 398. The average Bonchev–Trinajstić information content (AvgIpc) is 2.75. The molecule has 3 nitrogen and oxygen atoms in total. The first-order valence-corrected chi connectivity index (χ1v) is 5.53. The SMILES string of the molecule is COc1cc(C(C)CC=O)cc2c1OCC2. The van der Waals surface area contributed by atoms with Crippen LogP contribution in [0.15, 0.2) is 12.1 Å². The van der Waals surface area contributed by atoms with Crippen LogP contribution in [0, 0.1) is 0 Å². The molecule has 0 fully saturated rings. The number of carbonyl (C=O) groups is 1. The highest BCUT2D eigenvalue weighted by atomic mass is 16.5. The van der Waals surface area contributed by atoms with Crippen LogP contribution in [0.1, 0.15) is 30.4 Å². The molecule has 0 saturated heterocycles. The van der Waals surface area contributed by atoms with Gasteiger partial charge in [-0.25, -0.2) is 0 Å². The Morgan fingerprint density at radius 3 is 3.06 bits per heavy atom. The van der Waals surface area contributed by atoms with Gasteiger partial charge in [-0.1, -0.05) is 13.0 Å². The van der Waals surface area contributed by atoms with Crippen LogP contribution in [-0.4, -0.2) is 20.0 Å². The third-order valence-electron chi connectivity index (χ3n) is 3.01. The summed E-state index contributed by atoms with van der Waals surface area (Å²) in [7, 11) is 1.64. The Kier molecular flexibility index (Phi) is 3.13. The summed E-state index contributed by atoms with van der Waals surface area (Å²) < 4.78 is 10.8. The largest absolute Gasteiger partial charge is 0.493 e. The van der Waals surface area contributed by atoms with Crippen LogP contribution in [0.2, 0.25) is 0 Å². The van der Waals surface area contributed by atoms with Crippen molar-refractivity contribution in [3.63, 3.8) is 0 Å². The summed E-state index contributed by atoms with van der Waals surface area (Å²) in [6, 6.07) is 4.09. The van der Waals surface area contributed by atoms with Gasteiger partial charge in [0.1, 0.15) is 6.29 Å². The number of ether oxygens (including phenoxy) is 2. The minimum Gasteiger partial charge on any atom is -0.493 e. The number of fused-ring (bicyclic) bond motifs is 1. The molecule has 1 aromatic rings. The molecule has 1 aromatic carbocycles. The highest BCUT2D eigenvalue weighted by Crippen LogP contribution is 2.38. The van der Waals surface area contributed by atoms with Gasteiger partial charge in [-0.2, -0.15) is 0 Å². The molecule has 0 spiro atoms. The molecule has 0 aliphatic carbocycles. The highest BCUT2D eigenvalue weighted by Gasteiger charge is 2.20. The van der Waals surface area contributed by atoms with Gasteiger partial charge in [0.15, 0.2) is 11.5 Å². The Labute approximate surface area is 95.4 Å². The van der Waals surface area contributed by atoms with E-state index in [1.807, 2.05) is 13.0 Å². The van der Waals surface area contributed by atoms with Gasteiger partial charge in [-0.3, -0.25) is 0 Å². The lowest BCUT2D eigenvalue weighted by atomic mass is 9.95. The van der Waals surface area contributed by atoms with E-state index in [4.69, 9.17) is 9.47 Å². The van der Waals surface area contributed by atoms with Crippen molar-refractivity contribution in [2.75, 3.05) is 13.7 Å². The fraction of sp³-hybridized carbons (Fsp3) is 0.462. The zero-order valence-corrected chi connectivity index (χ0v) is 9.66. The van der Waals surface area contributed by atoms with E-state index in [9.17, 15) is 4.79 Å². The number of hydrogen-bond acceptors (Lipinski definition) is 3. The lowest BCUT2D eigenvalue weighted by Gasteiger charge is -2.13. The molecule has 1 atom stereocenters. The minimum atomic E-state index is 0.234. The molecule has 3 heteroatoms. The second-order valence-corrected chi connectivity index (χ2v) is 4.11. The van der Waals surface area contributed by atoms with Crippen LogP contribution in [0.25, 0.3) is 0 Å². The van der Waals surface area contributed by atoms with Crippen molar-refractivity contribution in [3.05, 3.63) is 23.3 Å². The van der Waals surface area contributed by atoms with Crippen molar-refractivity contribution < 1.29 is 14.3 Å². The normalized spacial score (nSPS) is 15.1. The molecular weight excluding hydrogens is 204 g/mol. The molecule has 86 valence electrons. The van der Waals surface area contributed by atoms with Crippen molar-refractivity contribution in [2.45, 2.75) is 25.7 Å². The fourth-order valence-corrected chi connectivity index (χ4v) is 2.01. The van der Waals surface area contributed by atoms with E-state index in [2.05, 4.69) is 6.07 Å². The number of methoxy groups -OCH3 is 1. The van der Waals surface area contributed by atoms with Crippen LogP contribution >= 0.6 is 0 Å². The molecule has 1 aliphatic rings. The summed E-state index contributed by atoms with van der Waals surface area (Å²) in [5, 5.41) is 0. The smallest absolute Gasteiger partial charge is 0.164 e. The monoisotopic (exact) mass is 220 g/mol. The summed E-state index contributed by atoms with van der Waals surface area (Å²) in [5.74, 6) is 1.88. The lowest BCUT2D eigenvalue weighted by Crippen LogP contribution is -1.97. The van der Waals surface area contributed by atoms with Crippen LogP contribution in [0.3, 0.4) is 0 Å². The van der Waals surface area contributed by atoms with Crippen molar-refractivity contribution in [2.24, 2.45) is 0 Å². The van der Waals surface area contributed by atoms with E-state index >= 15 is 0 Å². The molecule has 1 heterocycles. The predicted octanol–water partition coefficient (Wildman–Crippen LogP) is 2.32. The van der Waals surface area contributed by atoms with Gasteiger partial charge in [0.25, 0.3) is 0 Å². The molecule has 0 bridgehead atoms. The first-order chi connectivity index (χ1) is 7.76. The molecule has 2 rings (SSSR count). The van der Waals surface area contributed by atoms with Crippen molar-refractivity contribution in [1.29, 1.82) is 0 Å². The van der Waals surface area contributed by atoms with Crippen molar-refractivity contribution >= 4 is 6.29 Å². The van der Waals surface area contributed by atoms with Gasteiger partial charge in [0, 0.05) is 18.4 Å². The molecule has 1 unspecified atom stereocenters. The third kappa shape index (κ3) is 1.90. The first-order valence-electron chi connectivity index (χ1n) is 5.53. The number of benzene rings is 1. The van der Waals surface area contributed by atoms with Crippen LogP contribution in [0.5, 0.6) is 11.5 Å². The Morgan fingerprint density at radius 1 is 1.56 bits per heavy atom. The molecule has 0 amide bonds. The van der Waals surface area contributed by atoms with Crippen molar-refractivity contribution in [1.82, 2.24) is 0 Å². The van der Waals surface area contributed by atoms with Gasteiger partial charge in [-0.05, 0) is 17.5 Å². The number of rotatable bonds is 4. The second-order valence-electron chi connectivity index (χ2n) is 4.11. The van der Waals surface area contributed by atoms with E-state index in [0.717, 1.165) is 36.4 Å². The predicted molar refractivity (Wildman–Crippen MR) is 61.3 cm³/mol. The Morgan fingerprint density at radius 2 is 2.38 bits per heavy atom. The highest BCUT2D eigenvalue weighted by molar-refractivity contribution is 5.55. The zero-order chi connectivity index (χ0) is 11.5. The summed E-state index contributed by atoms with van der Waals surface area (Å²) in [6.45, 7) is 2.77. The Balaban J connectivity index is 2.37. The second kappa shape index (κ2) is 4.56. The Hall–Kier alpha value is -1.51. The molecular formula is C13H16O3. The van der Waals surface area contributed by atoms with Gasteiger partial charge >= 0.3 is 0 Å². The molecule has 1 aliphatic heterocycles. The quantitative estimate of drug-likeness (QED) is 0.730. The molecule has 0 aromatic heterocycles. The number of hydrogen-bond donors (Lipinski definition) is 0. The standard InChI is InChI=1S/C13H16O3/c1-9(3-5-14)11-7-10-4-6-16-13(10)12(8-11)15-2/h5,7-9H,3-4,6H2,1-2H3.